The van der Waals surface area contributed by atoms with Crippen molar-refractivity contribution in [3.05, 3.63) is 35.9 Å². The molecule has 1 saturated heterocycles. The van der Waals surface area contributed by atoms with E-state index in [1.807, 2.05) is 18.2 Å². The Hall–Kier alpha value is -2.32. The summed E-state index contributed by atoms with van der Waals surface area (Å²) >= 11 is 0. The molecule has 1 aromatic carbocycles. The van der Waals surface area contributed by atoms with Gasteiger partial charge in [0.2, 0.25) is 0 Å². The molecule has 1 atom stereocenters. The van der Waals surface area contributed by atoms with Crippen molar-refractivity contribution in [2.75, 3.05) is 19.7 Å². The number of hydrazine groups is 1. The van der Waals surface area contributed by atoms with Gasteiger partial charge in [-0.2, -0.15) is 0 Å². The van der Waals surface area contributed by atoms with Gasteiger partial charge in [0.05, 0.1) is 19.7 Å². The van der Waals surface area contributed by atoms with Crippen molar-refractivity contribution in [3.63, 3.8) is 0 Å². The van der Waals surface area contributed by atoms with Gasteiger partial charge in [0, 0.05) is 0 Å². The van der Waals surface area contributed by atoms with Gasteiger partial charge >= 0.3 is 12.2 Å². The molecule has 138 valence electrons. The van der Waals surface area contributed by atoms with E-state index in [-0.39, 0.29) is 19.7 Å². The second-order valence-corrected chi connectivity index (χ2v) is 7.02. The van der Waals surface area contributed by atoms with Crippen LogP contribution in [0.2, 0.25) is 0 Å². The number of amides is 2. The third kappa shape index (κ3) is 5.07. The molecule has 1 aromatic rings. The van der Waals surface area contributed by atoms with E-state index in [1.54, 1.807) is 32.9 Å². The quantitative estimate of drug-likeness (QED) is 0.855. The Balaban J connectivity index is 2.08. The van der Waals surface area contributed by atoms with Gasteiger partial charge in [-0.1, -0.05) is 30.3 Å². The number of nitrogens with zero attached hydrogens (tertiary/aromatic N) is 2. The van der Waals surface area contributed by atoms with Gasteiger partial charge in [-0.05, 0) is 26.3 Å². The fraction of sp³-hybridized carbons (Fsp3) is 0.529. The van der Waals surface area contributed by atoms with Crippen molar-refractivity contribution in [1.29, 1.82) is 0 Å². The zero-order chi connectivity index (χ0) is 18.7. The molecular formula is C17H24N2O6. The van der Waals surface area contributed by atoms with Gasteiger partial charge in [-0.3, -0.25) is 0 Å². The van der Waals surface area contributed by atoms with Crippen LogP contribution in [0.4, 0.5) is 9.59 Å². The molecule has 1 aliphatic rings. The zero-order valence-corrected chi connectivity index (χ0v) is 14.6. The summed E-state index contributed by atoms with van der Waals surface area (Å²) in [6.07, 6.45) is -1.60. The lowest BCUT2D eigenvalue weighted by atomic mass is 10.1. The molecule has 8 nitrogen and oxygen atoms in total. The predicted octanol–water partition coefficient (Wildman–Crippen LogP) is 1.51. The highest BCUT2D eigenvalue weighted by molar-refractivity contribution is 5.75. The maximum atomic E-state index is 12.4. The molecule has 0 spiro atoms. The Morgan fingerprint density at radius 2 is 1.68 bits per heavy atom. The van der Waals surface area contributed by atoms with Crippen molar-refractivity contribution in [2.45, 2.75) is 38.6 Å². The lowest BCUT2D eigenvalue weighted by molar-refractivity contribution is -0.0273. The minimum Gasteiger partial charge on any atom is -0.443 e. The molecule has 2 N–H and O–H groups in total. The Bertz CT molecular complexity index is 615. The monoisotopic (exact) mass is 352 g/mol. The summed E-state index contributed by atoms with van der Waals surface area (Å²) in [6.45, 7) is 3.96. The molecule has 8 heteroatoms. The second kappa shape index (κ2) is 7.28. The lowest BCUT2D eigenvalue weighted by Gasteiger charge is -2.29. The average molecular weight is 352 g/mol. The maximum Gasteiger partial charge on any atom is 0.429 e. The Morgan fingerprint density at radius 3 is 2.20 bits per heavy atom. The van der Waals surface area contributed by atoms with Crippen LogP contribution in [0.5, 0.6) is 0 Å². The summed E-state index contributed by atoms with van der Waals surface area (Å²) in [5, 5.41) is 21.5. The third-order valence-electron chi connectivity index (χ3n) is 3.49. The highest BCUT2D eigenvalue weighted by atomic mass is 16.6. The van der Waals surface area contributed by atoms with Crippen molar-refractivity contribution in [2.24, 2.45) is 0 Å². The van der Waals surface area contributed by atoms with Gasteiger partial charge in [0.15, 0.2) is 0 Å². The molecule has 2 rings (SSSR count). The molecule has 1 heterocycles. The molecule has 1 aliphatic heterocycles. The topological polar surface area (TPSA) is 99.5 Å². The SMILES string of the molecule is CC(C)(C)OC(=O)N1CC(O)(CO)CN1C(=O)OCc1ccccc1. The number of hydrogen-bond donors (Lipinski definition) is 2. The van der Waals surface area contributed by atoms with Crippen LogP contribution in [0.3, 0.4) is 0 Å². The van der Waals surface area contributed by atoms with Crippen LogP contribution in [0.1, 0.15) is 26.3 Å². The second-order valence-electron chi connectivity index (χ2n) is 7.02. The number of carbonyl (C=O) groups excluding carboxylic acids is 2. The predicted molar refractivity (Wildman–Crippen MR) is 88.3 cm³/mol. The zero-order valence-electron chi connectivity index (χ0n) is 14.6. The van der Waals surface area contributed by atoms with E-state index >= 15 is 0 Å². The van der Waals surface area contributed by atoms with Crippen LogP contribution in [0.15, 0.2) is 30.3 Å². The fourth-order valence-corrected chi connectivity index (χ4v) is 2.31. The number of rotatable bonds is 3. The number of aliphatic hydroxyl groups excluding tert-OH is 1. The number of benzene rings is 1. The highest BCUT2D eigenvalue weighted by Crippen LogP contribution is 2.24. The van der Waals surface area contributed by atoms with E-state index < -0.39 is 30.0 Å². The van der Waals surface area contributed by atoms with Crippen molar-refractivity contribution in [3.8, 4) is 0 Å². The first kappa shape index (κ1) is 19.0. The number of hydrogen-bond acceptors (Lipinski definition) is 6. The van der Waals surface area contributed by atoms with E-state index in [4.69, 9.17) is 9.47 Å². The molecule has 1 unspecified atom stereocenters. The van der Waals surface area contributed by atoms with Crippen LogP contribution in [-0.2, 0) is 16.1 Å². The summed E-state index contributed by atoms with van der Waals surface area (Å²) in [6, 6.07) is 9.07. The van der Waals surface area contributed by atoms with Gasteiger partial charge in [-0.25, -0.2) is 19.6 Å². The third-order valence-corrected chi connectivity index (χ3v) is 3.49. The Morgan fingerprint density at radius 1 is 1.12 bits per heavy atom. The molecule has 25 heavy (non-hydrogen) atoms. The van der Waals surface area contributed by atoms with Crippen molar-refractivity contribution >= 4 is 12.2 Å². The molecule has 0 aliphatic carbocycles. The van der Waals surface area contributed by atoms with Crippen LogP contribution < -0.4 is 0 Å². The molecule has 0 saturated carbocycles. The first-order chi connectivity index (χ1) is 11.6. The van der Waals surface area contributed by atoms with Crippen LogP contribution in [0, 0.1) is 0 Å². The van der Waals surface area contributed by atoms with Gasteiger partial charge in [-0.15, -0.1) is 0 Å². The van der Waals surface area contributed by atoms with E-state index in [9.17, 15) is 19.8 Å². The first-order valence-corrected chi connectivity index (χ1v) is 7.95. The Kier molecular flexibility index (Phi) is 5.54. The fourth-order valence-electron chi connectivity index (χ4n) is 2.31. The largest absolute Gasteiger partial charge is 0.443 e. The van der Waals surface area contributed by atoms with E-state index in [0.29, 0.717) is 0 Å². The summed E-state index contributed by atoms with van der Waals surface area (Å²) in [5.74, 6) is 0. The maximum absolute atomic E-state index is 12.4. The first-order valence-electron chi connectivity index (χ1n) is 7.95. The molecule has 2 amide bonds. The van der Waals surface area contributed by atoms with E-state index in [1.165, 1.54) is 0 Å². The lowest BCUT2D eigenvalue weighted by Crippen LogP contribution is -2.47. The van der Waals surface area contributed by atoms with Gasteiger partial charge < -0.3 is 19.7 Å². The molecule has 1 fully saturated rings. The van der Waals surface area contributed by atoms with Crippen molar-refractivity contribution < 1.29 is 29.3 Å². The van der Waals surface area contributed by atoms with Crippen molar-refractivity contribution in [1.82, 2.24) is 10.0 Å². The highest BCUT2D eigenvalue weighted by Gasteiger charge is 2.47. The molecule has 0 aromatic heterocycles. The van der Waals surface area contributed by atoms with Crippen LogP contribution in [-0.4, -0.2) is 63.3 Å². The molecular weight excluding hydrogens is 328 g/mol. The normalized spacial score (nSPS) is 20.5. The van der Waals surface area contributed by atoms with Crippen LogP contribution >= 0.6 is 0 Å². The average Bonchev–Trinajstić information content (AvgIpc) is 2.91. The molecule has 0 bridgehead atoms. The van der Waals surface area contributed by atoms with E-state index in [2.05, 4.69) is 0 Å². The standard InChI is InChI=1S/C17H24N2O6/c1-16(2,3)25-15(22)19-11-17(23,12-20)10-18(19)14(21)24-9-13-7-5-4-6-8-13/h4-8,20,23H,9-12H2,1-3H3. The smallest absolute Gasteiger partial charge is 0.429 e. The van der Waals surface area contributed by atoms with Crippen LogP contribution in [0.25, 0.3) is 0 Å². The minimum absolute atomic E-state index is 0.0237. The number of aliphatic hydroxyl groups is 2. The Labute approximate surface area is 146 Å². The summed E-state index contributed by atoms with van der Waals surface area (Å²) in [4.78, 5) is 24.7. The summed E-state index contributed by atoms with van der Waals surface area (Å²) < 4.78 is 10.5. The summed E-state index contributed by atoms with van der Waals surface area (Å²) in [7, 11) is 0. The van der Waals surface area contributed by atoms with Gasteiger partial charge in [0.25, 0.3) is 0 Å². The number of carbonyl (C=O) groups is 2. The van der Waals surface area contributed by atoms with E-state index in [0.717, 1.165) is 15.6 Å². The number of β-amino-alcohol motifs (C(OH)–C–C–N with tert-alkyl or cyclic N) is 1. The number of ether oxygens (including phenoxy) is 2. The van der Waals surface area contributed by atoms with Gasteiger partial charge in [0.1, 0.15) is 17.8 Å². The summed E-state index contributed by atoms with van der Waals surface area (Å²) in [5.41, 5.74) is -1.60. The minimum atomic E-state index is -1.62. The molecule has 0 radical (unpaired) electrons.